The molecule has 0 amide bonds. The molecule has 0 aromatic carbocycles. The molecular weight excluding hydrogens is 226 g/mol. The molecule has 0 saturated carbocycles. The minimum absolute atomic E-state index is 0.255. The van der Waals surface area contributed by atoms with E-state index < -0.39 is 0 Å². The lowest BCUT2D eigenvalue weighted by molar-refractivity contribution is 0.893. The first kappa shape index (κ1) is 9.52. The van der Waals surface area contributed by atoms with Crippen LogP contribution in [0.25, 0.3) is 0 Å². The van der Waals surface area contributed by atoms with Crippen LogP contribution in [-0.4, -0.2) is 15.8 Å². The molecule has 0 spiro atoms. The van der Waals surface area contributed by atoms with Crippen LogP contribution >= 0.6 is 46.6 Å². The van der Waals surface area contributed by atoms with Crippen LogP contribution in [0.1, 0.15) is 0 Å². The lowest BCUT2D eigenvalue weighted by atomic mass is 10.9. The monoisotopic (exact) mass is 230 g/mol. The Balaban J connectivity index is 3.02. The summed E-state index contributed by atoms with van der Waals surface area (Å²) in [4.78, 5) is 3.78. The molecular formula is C5H5Cl3N2S. The van der Waals surface area contributed by atoms with E-state index in [1.807, 2.05) is 6.26 Å². The van der Waals surface area contributed by atoms with Crippen LogP contribution in [0.3, 0.4) is 0 Å². The van der Waals surface area contributed by atoms with E-state index in [1.54, 1.807) is 16.3 Å². The summed E-state index contributed by atoms with van der Waals surface area (Å²) in [6.45, 7) is 0. The maximum Gasteiger partial charge on any atom is 0.206 e. The Morgan fingerprint density at radius 1 is 1.45 bits per heavy atom. The van der Waals surface area contributed by atoms with E-state index >= 15 is 0 Å². The summed E-state index contributed by atoms with van der Waals surface area (Å²) in [7, 11) is 0. The standard InChI is InChI=1S/C5H5Cl3N2S/c1-11-2-10-4(7)3(6)9-5(10)8/h2H2,1H3. The molecule has 0 atom stereocenters. The summed E-state index contributed by atoms with van der Waals surface area (Å²) < 4.78 is 1.64. The van der Waals surface area contributed by atoms with Gasteiger partial charge in [0.2, 0.25) is 5.28 Å². The fraction of sp³-hybridized carbons (Fsp3) is 0.400. The van der Waals surface area contributed by atoms with Gasteiger partial charge in [0.15, 0.2) is 5.15 Å². The van der Waals surface area contributed by atoms with Gasteiger partial charge in [0, 0.05) is 0 Å². The quantitative estimate of drug-likeness (QED) is 0.778. The van der Waals surface area contributed by atoms with Crippen LogP contribution in [0.2, 0.25) is 15.6 Å². The smallest absolute Gasteiger partial charge is 0.206 e. The van der Waals surface area contributed by atoms with E-state index in [4.69, 9.17) is 34.8 Å². The SMILES string of the molecule is CSCn1c(Cl)nc(Cl)c1Cl. The second-order valence-electron chi connectivity index (χ2n) is 1.81. The number of rotatable bonds is 2. The van der Waals surface area contributed by atoms with Crippen molar-refractivity contribution in [1.29, 1.82) is 0 Å². The average molecular weight is 232 g/mol. The predicted octanol–water partition coefficient (Wildman–Crippen LogP) is 3.16. The Morgan fingerprint density at radius 2 is 2.09 bits per heavy atom. The molecule has 1 aromatic heterocycles. The number of aromatic nitrogens is 2. The third-order valence-electron chi connectivity index (χ3n) is 1.08. The van der Waals surface area contributed by atoms with Crippen molar-refractivity contribution in [2.24, 2.45) is 0 Å². The highest BCUT2D eigenvalue weighted by atomic mass is 35.5. The molecule has 0 aliphatic carbocycles. The molecule has 62 valence electrons. The summed E-state index contributed by atoms with van der Waals surface area (Å²) >= 11 is 18.7. The minimum Gasteiger partial charge on any atom is -0.295 e. The highest BCUT2D eigenvalue weighted by Gasteiger charge is 2.10. The topological polar surface area (TPSA) is 17.8 Å². The fourth-order valence-electron chi connectivity index (χ4n) is 0.619. The molecule has 2 nitrogen and oxygen atoms in total. The van der Waals surface area contributed by atoms with Crippen LogP contribution in [0.15, 0.2) is 0 Å². The maximum atomic E-state index is 5.76. The Bertz CT molecular complexity index is 260. The first-order chi connectivity index (χ1) is 5.16. The van der Waals surface area contributed by atoms with E-state index in [2.05, 4.69) is 4.98 Å². The minimum atomic E-state index is 0.255. The number of hydrogen-bond donors (Lipinski definition) is 0. The number of imidazole rings is 1. The second-order valence-corrected chi connectivity index (χ2v) is 3.70. The van der Waals surface area contributed by atoms with Crippen molar-refractivity contribution in [3.8, 4) is 0 Å². The van der Waals surface area contributed by atoms with Gasteiger partial charge in [0.05, 0.1) is 5.88 Å². The highest BCUT2D eigenvalue weighted by molar-refractivity contribution is 7.97. The molecule has 1 aromatic rings. The number of nitrogens with zero attached hydrogens (tertiary/aromatic N) is 2. The summed E-state index contributed by atoms with van der Waals surface area (Å²) in [5.74, 6) is 0.664. The van der Waals surface area contributed by atoms with Crippen molar-refractivity contribution in [2.75, 3.05) is 6.26 Å². The van der Waals surface area contributed by atoms with Crippen LogP contribution in [-0.2, 0) is 5.88 Å². The zero-order valence-corrected chi connectivity index (χ0v) is 8.73. The van der Waals surface area contributed by atoms with Gasteiger partial charge < -0.3 is 0 Å². The molecule has 1 heterocycles. The van der Waals surface area contributed by atoms with Crippen LogP contribution in [0, 0.1) is 0 Å². The lowest BCUT2D eigenvalue weighted by Gasteiger charge is -2.00. The van der Waals surface area contributed by atoms with Crippen LogP contribution < -0.4 is 0 Å². The molecule has 0 saturated heterocycles. The predicted molar refractivity (Wildman–Crippen MR) is 50.8 cm³/mol. The van der Waals surface area contributed by atoms with Crippen molar-refractivity contribution in [3.63, 3.8) is 0 Å². The van der Waals surface area contributed by atoms with E-state index in [9.17, 15) is 0 Å². The molecule has 0 fully saturated rings. The zero-order chi connectivity index (χ0) is 8.43. The molecule has 0 N–H and O–H groups in total. The largest absolute Gasteiger partial charge is 0.295 e. The number of halogens is 3. The normalized spacial score (nSPS) is 10.5. The third-order valence-corrected chi connectivity index (χ3v) is 2.63. The molecule has 0 unspecified atom stereocenters. The van der Waals surface area contributed by atoms with E-state index in [1.165, 1.54) is 0 Å². The van der Waals surface area contributed by atoms with Gasteiger partial charge in [-0.05, 0) is 17.9 Å². The van der Waals surface area contributed by atoms with Crippen molar-refractivity contribution in [3.05, 3.63) is 15.6 Å². The number of hydrogen-bond acceptors (Lipinski definition) is 2. The molecule has 0 bridgehead atoms. The summed E-state index contributed by atoms with van der Waals surface area (Å²) in [5.41, 5.74) is 0. The fourth-order valence-corrected chi connectivity index (χ4v) is 1.95. The molecule has 1 rings (SSSR count). The Morgan fingerprint density at radius 3 is 2.45 bits per heavy atom. The molecule has 6 heteroatoms. The van der Waals surface area contributed by atoms with E-state index in [-0.39, 0.29) is 5.15 Å². The molecule has 0 aliphatic heterocycles. The van der Waals surface area contributed by atoms with Gasteiger partial charge in [-0.3, -0.25) is 4.57 Å². The van der Waals surface area contributed by atoms with E-state index in [0.717, 1.165) is 0 Å². The van der Waals surface area contributed by atoms with Gasteiger partial charge in [-0.15, -0.1) is 11.8 Å². The summed E-state index contributed by atoms with van der Waals surface area (Å²) in [5, 5.41) is 0.978. The van der Waals surface area contributed by atoms with Gasteiger partial charge in [0.25, 0.3) is 0 Å². The van der Waals surface area contributed by atoms with Gasteiger partial charge in [-0.2, -0.15) is 0 Å². The second kappa shape index (κ2) is 3.90. The van der Waals surface area contributed by atoms with Gasteiger partial charge in [-0.1, -0.05) is 23.2 Å². The Hall–Kier alpha value is 0.430. The Kier molecular flexibility index (Phi) is 3.37. The van der Waals surface area contributed by atoms with Gasteiger partial charge >= 0.3 is 0 Å². The summed E-state index contributed by atoms with van der Waals surface area (Å²) in [6, 6.07) is 0. The first-order valence-electron chi connectivity index (χ1n) is 2.72. The third kappa shape index (κ3) is 1.96. The zero-order valence-electron chi connectivity index (χ0n) is 5.64. The number of thioether (sulfide) groups is 1. The van der Waals surface area contributed by atoms with Gasteiger partial charge in [-0.25, -0.2) is 4.98 Å². The maximum absolute atomic E-state index is 5.76. The highest BCUT2D eigenvalue weighted by Crippen LogP contribution is 2.26. The molecule has 0 radical (unpaired) electrons. The van der Waals surface area contributed by atoms with Crippen molar-refractivity contribution in [1.82, 2.24) is 9.55 Å². The van der Waals surface area contributed by atoms with Crippen molar-refractivity contribution in [2.45, 2.75) is 5.88 Å². The van der Waals surface area contributed by atoms with Crippen molar-refractivity contribution < 1.29 is 0 Å². The average Bonchev–Trinajstić information content (AvgIpc) is 2.17. The van der Waals surface area contributed by atoms with Crippen LogP contribution in [0.5, 0.6) is 0 Å². The molecule has 11 heavy (non-hydrogen) atoms. The summed E-state index contributed by atoms with van der Waals surface area (Å²) in [6.07, 6.45) is 1.95. The van der Waals surface area contributed by atoms with Gasteiger partial charge in [0.1, 0.15) is 5.15 Å². The molecule has 0 aliphatic rings. The van der Waals surface area contributed by atoms with Crippen LogP contribution in [0.4, 0.5) is 0 Å². The lowest BCUT2D eigenvalue weighted by Crippen LogP contribution is -1.93. The first-order valence-corrected chi connectivity index (χ1v) is 5.25. The van der Waals surface area contributed by atoms with E-state index in [0.29, 0.717) is 16.3 Å². The van der Waals surface area contributed by atoms with Crippen molar-refractivity contribution >= 4 is 46.6 Å². The Labute approximate surface area is 83.8 Å².